The van der Waals surface area contributed by atoms with Crippen molar-refractivity contribution in [2.24, 2.45) is 0 Å². The van der Waals surface area contributed by atoms with Gasteiger partial charge in [0, 0.05) is 35.6 Å². The molecule has 1 aromatic carbocycles. The summed E-state index contributed by atoms with van der Waals surface area (Å²) < 4.78 is 16.8. The zero-order valence-electron chi connectivity index (χ0n) is 14.8. The number of hydrogen-bond donors (Lipinski definition) is 1. The zero-order valence-corrected chi connectivity index (χ0v) is 15.6. The fourth-order valence-corrected chi connectivity index (χ4v) is 3.69. The molecule has 4 rings (SSSR count). The summed E-state index contributed by atoms with van der Waals surface area (Å²) in [4.78, 5) is 20.7. The van der Waals surface area contributed by atoms with Gasteiger partial charge in [0.1, 0.15) is 5.69 Å². The number of nitrogens with one attached hydrogen (secondary N) is 1. The van der Waals surface area contributed by atoms with Crippen molar-refractivity contribution < 1.29 is 9.28 Å². The van der Waals surface area contributed by atoms with Crippen LogP contribution < -0.4 is 10.4 Å². The molecule has 0 bridgehead atoms. The predicted molar refractivity (Wildman–Crippen MR) is 102 cm³/mol. The van der Waals surface area contributed by atoms with E-state index in [4.69, 9.17) is 11.6 Å². The lowest BCUT2D eigenvalue weighted by Crippen LogP contribution is -2.35. The van der Waals surface area contributed by atoms with Crippen molar-refractivity contribution in [1.29, 1.82) is 0 Å². The summed E-state index contributed by atoms with van der Waals surface area (Å²) in [5.74, 6) is -0.199. The topological polar surface area (TPSA) is 63.1 Å². The summed E-state index contributed by atoms with van der Waals surface area (Å²) in [6.45, 7) is 5.10. The second-order valence-electron chi connectivity index (χ2n) is 6.34. The number of carbonyl (C=O) groups excluding carboxylic acids is 1. The number of halogens is 2. The summed E-state index contributed by atoms with van der Waals surface area (Å²) in [5, 5.41) is 3.67. The highest BCUT2D eigenvalue weighted by Gasteiger charge is 2.27. The molecule has 138 valence electrons. The van der Waals surface area contributed by atoms with Gasteiger partial charge in [-0.15, -0.1) is 5.12 Å². The third-order valence-corrected chi connectivity index (χ3v) is 4.95. The van der Waals surface area contributed by atoms with E-state index in [0.717, 1.165) is 16.8 Å². The van der Waals surface area contributed by atoms with Gasteiger partial charge >= 0.3 is 0 Å². The fourth-order valence-electron chi connectivity index (χ4n) is 3.51. The third-order valence-electron chi connectivity index (χ3n) is 4.71. The van der Waals surface area contributed by atoms with Crippen molar-refractivity contribution in [3.63, 3.8) is 0 Å². The van der Waals surface area contributed by atoms with Gasteiger partial charge in [0.05, 0.1) is 11.4 Å². The molecule has 3 aromatic rings. The predicted octanol–water partition coefficient (Wildman–Crippen LogP) is 3.98. The fraction of sp³-hybridized carbons (Fsp3) is 0.211. The Morgan fingerprint density at radius 1 is 1.30 bits per heavy atom. The Morgan fingerprint density at radius 2 is 2.11 bits per heavy atom. The molecule has 0 radical (unpaired) electrons. The van der Waals surface area contributed by atoms with Gasteiger partial charge in [-0.05, 0) is 43.7 Å². The van der Waals surface area contributed by atoms with Crippen LogP contribution in [0.2, 0.25) is 5.02 Å². The SMILES string of the molecule is Cc1c(-c2ccnc(N(F)c3cccc(Cl)c3)n2)c(C)n2c1C(=O)NCC2. The van der Waals surface area contributed by atoms with Crippen LogP contribution in [-0.4, -0.2) is 27.0 Å². The van der Waals surface area contributed by atoms with Crippen LogP contribution in [0.1, 0.15) is 21.7 Å². The van der Waals surface area contributed by atoms with Crippen LogP contribution in [0.4, 0.5) is 16.1 Å². The summed E-state index contributed by atoms with van der Waals surface area (Å²) >= 11 is 5.94. The van der Waals surface area contributed by atoms with E-state index in [9.17, 15) is 9.28 Å². The van der Waals surface area contributed by atoms with Crippen molar-refractivity contribution in [1.82, 2.24) is 19.9 Å². The number of carbonyl (C=O) groups is 1. The average molecular weight is 386 g/mol. The highest BCUT2D eigenvalue weighted by atomic mass is 35.5. The lowest BCUT2D eigenvalue weighted by Gasteiger charge is -2.17. The molecule has 2 aromatic heterocycles. The van der Waals surface area contributed by atoms with Crippen LogP contribution in [0.25, 0.3) is 11.3 Å². The third kappa shape index (κ3) is 2.94. The van der Waals surface area contributed by atoms with Crippen LogP contribution in [-0.2, 0) is 6.54 Å². The van der Waals surface area contributed by atoms with E-state index in [1.165, 1.54) is 12.3 Å². The first-order valence-electron chi connectivity index (χ1n) is 8.50. The van der Waals surface area contributed by atoms with E-state index in [0.29, 0.717) is 34.6 Å². The second kappa shape index (κ2) is 6.66. The lowest BCUT2D eigenvalue weighted by molar-refractivity contribution is 0.0926. The van der Waals surface area contributed by atoms with Gasteiger partial charge in [-0.2, -0.15) is 0 Å². The molecule has 1 N–H and O–H groups in total. The van der Waals surface area contributed by atoms with Gasteiger partial charge < -0.3 is 9.88 Å². The molecular formula is C19H17ClFN5O. The number of rotatable bonds is 3. The molecule has 0 saturated carbocycles. The lowest BCUT2D eigenvalue weighted by atomic mass is 10.1. The van der Waals surface area contributed by atoms with Gasteiger partial charge in [-0.25, -0.2) is 9.97 Å². The minimum atomic E-state index is -0.103. The molecule has 0 spiro atoms. The van der Waals surface area contributed by atoms with Crippen LogP contribution in [0, 0.1) is 13.8 Å². The molecule has 27 heavy (non-hydrogen) atoms. The highest BCUT2D eigenvalue weighted by molar-refractivity contribution is 6.30. The molecule has 0 atom stereocenters. The number of benzene rings is 1. The molecular weight excluding hydrogens is 369 g/mol. The maximum atomic E-state index is 14.8. The molecule has 1 aliphatic rings. The monoisotopic (exact) mass is 385 g/mol. The van der Waals surface area contributed by atoms with E-state index >= 15 is 0 Å². The van der Waals surface area contributed by atoms with E-state index in [1.807, 2.05) is 18.4 Å². The van der Waals surface area contributed by atoms with Gasteiger partial charge in [-0.3, -0.25) is 4.79 Å². The van der Waals surface area contributed by atoms with E-state index in [-0.39, 0.29) is 17.5 Å². The first-order chi connectivity index (χ1) is 13.0. The highest BCUT2D eigenvalue weighted by Crippen LogP contribution is 2.33. The summed E-state index contributed by atoms with van der Waals surface area (Å²) in [6.07, 6.45) is 1.50. The first-order valence-corrected chi connectivity index (χ1v) is 8.88. The standard InChI is InChI=1S/C19H17ClFN5O/c1-11-16(12(2)25-9-8-22-18(27)17(11)25)15-6-7-23-19(24-15)26(21)14-5-3-4-13(20)10-14/h3-7,10H,8-9H2,1-2H3,(H,22,27). The van der Waals surface area contributed by atoms with Crippen LogP contribution >= 0.6 is 11.6 Å². The molecule has 0 aliphatic carbocycles. The molecule has 1 aliphatic heterocycles. The summed E-state index contributed by atoms with van der Waals surface area (Å²) in [7, 11) is 0. The molecule has 3 heterocycles. The minimum Gasteiger partial charge on any atom is -0.349 e. The maximum Gasteiger partial charge on any atom is 0.268 e. The average Bonchev–Trinajstić information content (AvgIpc) is 2.93. The van der Waals surface area contributed by atoms with Gasteiger partial charge in [0.2, 0.25) is 0 Å². The Morgan fingerprint density at radius 3 is 2.85 bits per heavy atom. The number of anilines is 2. The number of fused-ring (bicyclic) bond motifs is 1. The van der Waals surface area contributed by atoms with Crippen molar-refractivity contribution in [3.8, 4) is 11.3 Å². The van der Waals surface area contributed by atoms with Gasteiger partial charge in [0.25, 0.3) is 11.9 Å². The van der Waals surface area contributed by atoms with Crippen LogP contribution in [0.3, 0.4) is 0 Å². The van der Waals surface area contributed by atoms with Crippen molar-refractivity contribution in [2.45, 2.75) is 20.4 Å². The molecule has 6 nitrogen and oxygen atoms in total. The van der Waals surface area contributed by atoms with Crippen molar-refractivity contribution >= 4 is 29.1 Å². The van der Waals surface area contributed by atoms with Crippen molar-refractivity contribution in [2.75, 3.05) is 11.7 Å². The Bertz CT molecular complexity index is 1050. The van der Waals surface area contributed by atoms with Gasteiger partial charge in [-0.1, -0.05) is 22.1 Å². The van der Waals surface area contributed by atoms with Crippen LogP contribution in [0.5, 0.6) is 0 Å². The van der Waals surface area contributed by atoms with Gasteiger partial charge in [0.15, 0.2) is 0 Å². The number of hydrogen-bond acceptors (Lipinski definition) is 4. The smallest absolute Gasteiger partial charge is 0.268 e. The molecule has 0 saturated heterocycles. The minimum absolute atomic E-state index is 0.0952. The van der Waals surface area contributed by atoms with Crippen LogP contribution in [0.15, 0.2) is 36.5 Å². The normalized spacial score (nSPS) is 13.3. The number of aromatic nitrogens is 3. The quantitative estimate of drug-likeness (QED) is 0.693. The van der Waals surface area contributed by atoms with E-state index < -0.39 is 0 Å². The first kappa shape index (κ1) is 17.5. The molecule has 8 heteroatoms. The molecule has 0 unspecified atom stereocenters. The van der Waals surface area contributed by atoms with E-state index in [1.54, 1.807) is 24.3 Å². The zero-order chi connectivity index (χ0) is 19.1. The second-order valence-corrected chi connectivity index (χ2v) is 6.78. The Labute approximate surface area is 160 Å². The summed E-state index contributed by atoms with van der Waals surface area (Å²) in [6, 6.07) is 8.12. The Hall–Kier alpha value is -2.93. The molecule has 0 fully saturated rings. The van der Waals surface area contributed by atoms with Crippen molar-refractivity contribution in [3.05, 3.63) is 58.5 Å². The number of amides is 1. The van der Waals surface area contributed by atoms with E-state index in [2.05, 4.69) is 15.3 Å². The number of nitrogens with zero attached hydrogens (tertiary/aromatic N) is 4. The molecule has 1 amide bonds. The Balaban J connectivity index is 1.79. The maximum absolute atomic E-state index is 14.8. The summed E-state index contributed by atoms with van der Waals surface area (Å²) in [5.41, 5.74) is 4.00. The Kier molecular flexibility index (Phi) is 4.31. The largest absolute Gasteiger partial charge is 0.349 e.